The zero-order valence-corrected chi connectivity index (χ0v) is 11.7. The van der Waals surface area contributed by atoms with Gasteiger partial charge in [-0.3, -0.25) is 0 Å². The molecule has 1 aliphatic heterocycles. The zero-order valence-electron chi connectivity index (χ0n) is 11.7. The highest BCUT2D eigenvalue weighted by Gasteiger charge is 2.36. The number of hydrogen-bond acceptors (Lipinski definition) is 2. The number of halogens is 3. The van der Waals surface area contributed by atoms with Gasteiger partial charge in [0.1, 0.15) is 0 Å². The van der Waals surface area contributed by atoms with Crippen LogP contribution in [0.25, 0.3) is 0 Å². The zero-order chi connectivity index (χ0) is 14.9. The van der Waals surface area contributed by atoms with Crippen molar-refractivity contribution in [1.82, 2.24) is 0 Å². The molecule has 0 saturated carbocycles. The summed E-state index contributed by atoms with van der Waals surface area (Å²) in [4.78, 5) is 1.81. The Morgan fingerprint density at radius 3 is 2.50 bits per heavy atom. The maximum Gasteiger partial charge on any atom is 0.418 e. The molecule has 2 rings (SSSR count). The van der Waals surface area contributed by atoms with E-state index in [0.29, 0.717) is 30.5 Å². The molecule has 1 saturated heterocycles. The van der Waals surface area contributed by atoms with E-state index in [0.717, 1.165) is 12.5 Å². The molecule has 1 aromatic carbocycles. The van der Waals surface area contributed by atoms with Crippen LogP contribution in [0, 0.1) is 11.8 Å². The van der Waals surface area contributed by atoms with Crippen LogP contribution in [0.1, 0.15) is 31.4 Å². The van der Waals surface area contributed by atoms with Crippen molar-refractivity contribution >= 4 is 5.69 Å². The normalized spacial score (nSPS) is 24.0. The topological polar surface area (TPSA) is 23.5 Å². The van der Waals surface area contributed by atoms with Crippen LogP contribution in [0.5, 0.6) is 0 Å². The highest BCUT2D eigenvalue weighted by Crippen LogP contribution is 2.39. The van der Waals surface area contributed by atoms with Crippen molar-refractivity contribution in [2.45, 2.75) is 33.1 Å². The second-order valence-electron chi connectivity index (χ2n) is 5.70. The molecular formula is C15H20F3NO. The number of hydrogen-bond donors (Lipinski definition) is 1. The molecule has 0 aromatic heterocycles. The van der Waals surface area contributed by atoms with Crippen molar-refractivity contribution in [2.75, 3.05) is 18.0 Å². The average molecular weight is 287 g/mol. The molecule has 1 fully saturated rings. The van der Waals surface area contributed by atoms with Crippen LogP contribution in [-0.2, 0) is 12.8 Å². The highest BCUT2D eigenvalue weighted by molar-refractivity contribution is 5.56. The minimum atomic E-state index is -4.40. The summed E-state index contributed by atoms with van der Waals surface area (Å²) in [6, 6.07) is 4.10. The van der Waals surface area contributed by atoms with Crippen molar-refractivity contribution in [1.29, 1.82) is 0 Å². The average Bonchev–Trinajstić information content (AvgIpc) is 2.40. The molecule has 20 heavy (non-hydrogen) atoms. The molecule has 0 radical (unpaired) electrons. The number of aliphatic hydroxyl groups excluding tert-OH is 1. The van der Waals surface area contributed by atoms with E-state index in [2.05, 4.69) is 13.8 Å². The van der Waals surface area contributed by atoms with E-state index in [1.807, 2.05) is 4.90 Å². The SMILES string of the molecule is CC1CCN(c2ccc(CO)cc2C(F)(F)F)CC1C. The lowest BCUT2D eigenvalue weighted by atomic mass is 9.88. The minimum absolute atomic E-state index is 0.230. The number of nitrogens with zero attached hydrogens (tertiary/aromatic N) is 1. The second kappa shape index (κ2) is 5.64. The van der Waals surface area contributed by atoms with Crippen molar-refractivity contribution in [3.8, 4) is 0 Å². The molecule has 0 amide bonds. The Morgan fingerprint density at radius 1 is 1.25 bits per heavy atom. The van der Waals surface area contributed by atoms with Gasteiger partial charge in [0.05, 0.1) is 12.2 Å². The Labute approximate surface area is 117 Å². The first-order valence-electron chi connectivity index (χ1n) is 6.89. The van der Waals surface area contributed by atoms with Gasteiger partial charge in [0, 0.05) is 18.8 Å². The van der Waals surface area contributed by atoms with E-state index in [1.54, 1.807) is 6.07 Å². The number of anilines is 1. The van der Waals surface area contributed by atoms with E-state index in [1.165, 1.54) is 6.07 Å². The lowest BCUT2D eigenvalue weighted by Crippen LogP contribution is -2.39. The number of benzene rings is 1. The molecule has 1 aliphatic rings. The molecule has 1 N–H and O–H groups in total. The van der Waals surface area contributed by atoms with Crippen LogP contribution in [0.2, 0.25) is 0 Å². The molecule has 112 valence electrons. The van der Waals surface area contributed by atoms with Crippen molar-refractivity contribution in [3.63, 3.8) is 0 Å². The van der Waals surface area contributed by atoms with Gasteiger partial charge in [0.15, 0.2) is 0 Å². The number of rotatable bonds is 2. The summed E-state index contributed by atoms with van der Waals surface area (Å²) in [5, 5.41) is 9.02. The van der Waals surface area contributed by atoms with Gasteiger partial charge in [-0.25, -0.2) is 0 Å². The summed E-state index contributed by atoms with van der Waals surface area (Å²) in [7, 11) is 0. The predicted octanol–water partition coefficient (Wildman–Crippen LogP) is 3.68. The first-order valence-corrected chi connectivity index (χ1v) is 6.89. The molecule has 1 heterocycles. The van der Waals surface area contributed by atoms with Gasteiger partial charge in [-0.1, -0.05) is 19.9 Å². The molecule has 2 nitrogen and oxygen atoms in total. The summed E-state index contributed by atoms with van der Waals surface area (Å²) < 4.78 is 39.6. The van der Waals surface area contributed by atoms with Gasteiger partial charge in [0.25, 0.3) is 0 Å². The predicted molar refractivity (Wildman–Crippen MR) is 72.5 cm³/mol. The first-order chi connectivity index (χ1) is 9.32. The second-order valence-corrected chi connectivity index (χ2v) is 5.70. The highest BCUT2D eigenvalue weighted by atomic mass is 19.4. The smallest absolute Gasteiger partial charge is 0.392 e. The molecule has 0 spiro atoms. The largest absolute Gasteiger partial charge is 0.418 e. The van der Waals surface area contributed by atoms with E-state index in [-0.39, 0.29) is 12.3 Å². The Morgan fingerprint density at radius 2 is 1.95 bits per heavy atom. The quantitative estimate of drug-likeness (QED) is 0.897. The third-order valence-corrected chi connectivity index (χ3v) is 4.22. The summed E-state index contributed by atoms with van der Waals surface area (Å²) in [5.74, 6) is 0.916. The molecule has 5 heteroatoms. The monoisotopic (exact) mass is 287 g/mol. The summed E-state index contributed by atoms with van der Waals surface area (Å²) in [5.41, 5.74) is -0.126. The van der Waals surface area contributed by atoms with Crippen molar-refractivity contribution < 1.29 is 18.3 Å². The number of piperidine rings is 1. The Kier molecular flexibility index (Phi) is 4.28. The van der Waals surface area contributed by atoms with Crippen LogP contribution >= 0.6 is 0 Å². The summed E-state index contributed by atoms with van der Waals surface area (Å²) in [6.07, 6.45) is -3.49. The first kappa shape index (κ1) is 15.2. The number of alkyl halides is 3. The van der Waals surface area contributed by atoms with Crippen LogP contribution in [0.15, 0.2) is 18.2 Å². The lowest BCUT2D eigenvalue weighted by molar-refractivity contribution is -0.137. The standard InChI is InChI=1S/C15H20F3NO/c1-10-5-6-19(8-11(10)2)14-4-3-12(9-20)7-13(14)15(16,17)18/h3-4,7,10-11,20H,5-6,8-9H2,1-2H3. The van der Waals surface area contributed by atoms with Crippen molar-refractivity contribution in [2.24, 2.45) is 11.8 Å². The van der Waals surface area contributed by atoms with Gasteiger partial charge >= 0.3 is 6.18 Å². The molecule has 0 aliphatic carbocycles. The fourth-order valence-corrected chi connectivity index (χ4v) is 2.67. The van der Waals surface area contributed by atoms with Gasteiger partial charge in [-0.2, -0.15) is 13.2 Å². The molecular weight excluding hydrogens is 267 g/mol. The van der Waals surface area contributed by atoms with E-state index in [4.69, 9.17) is 5.11 Å². The Hall–Kier alpha value is -1.23. The third-order valence-electron chi connectivity index (χ3n) is 4.22. The van der Waals surface area contributed by atoms with Crippen LogP contribution < -0.4 is 4.90 Å². The Balaban J connectivity index is 2.36. The third kappa shape index (κ3) is 3.08. The fraction of sp³-hybridized carbons (Fsp3) is 0.600. The van der Waals surface area contributed by atoms with Gasteiger partial charge in [-0.15, -0.1) is 0 Å². The van der Waals surface area contributed by atoms with E-state index in [9.17, 15) is 13.2 Å². The lowest BCUT2D eigenvalue weighted by Gasteiger charge is -2.38. The minimum Gasteiger partial charge on any atom is -0.392 e. The van der Waals surface area contributed by atoms with E-state index >= 15 is 0 Å². The van der Waals surface area contributed by atoms with Crippen LogP contribution in [0.4, 0.5) is 18.9 Å². The molecule has 1 aromatic rings. The van der Waals surface area contributed by atoms with Crippen LogP contribution in [-0.4, -0.2) is 18.2 Å². The van der Waals surface area contributed by atoms with E-state index < -0.39 is 11.7 Å². The van der Waals surface area contributed by atoms with Gasteiger partial charge < -0.3 is 10.0 Å². The fourth-order valence-electron chi connectivity index (χ4n) is 2.67. The number of aliphatic hydroxyl groups is 1. The summed E-state index contributed by atoms with van der Waals surface area (Å²) >= 11 is 0. The summed E-state index contributed by atoms with van der Waals surface area (Å²) in [6.45, 7) is 5.13. The van der Waals surface area contributed by atoms with Gasteiger partial charge in [0.2, 0.25) is 0 Å². The molecule has 2 unspecified atom stereocenters. The van der Waals surface area contributed by atoms with Crippen LogP contribution in [0.3, 0.4) is 0 Å². The Bertz CT molecular complexity index is 473. The molecule has 2 atom stereocenters. The molecule has 0 bridgehead atoms. The van der Waals surface area contributed by atoms with Gasteiger partial charge in [-0.05, 0) is 36.0 Å². The maximum absolute atomic E-state index is 13.2. The maximum atomic E-state index is 13.2. The van der Waals surface area contributed by atoms with Crippen molar-refractivity contribution in [3.05, 3.63) is 29.3 Å².